The molecule has 2 rings (SSSR count). The largest absolute Gasteiger partial charge is 0.420 e. The van der Waals surface area contributed by atoms with Gasteiger partial charge in [-0.3, -0.25) is 14.2 Å². The highest BCUT2D eigenvalue weighted by Gasteiger charge is 2.13. The molecule has 1 amide bonds. The molecule has 112 valence electrons. The normalized spacial score (nSPS) is 10.8. The van der Waals surface area contributed by atoms with E-state index in [9.17, 15) is 14.4 Å². The fourth-order valence-corrected chi connectivity index (χ4v) is 1.93. The number of benzene rings is 1. The smallest absolute Gasteiger partial charge is 0.408 e. The summed E-state index contributed by atoms with van der Waals surface area (Å²) < 4.78 is 11.1. The molecule has 2 aromatic rings. The Bertz CT molecular complexity index is 729. The third kappa shape index (κ3) is 3.38. The fraction of sp³-hybridized carbons (Fsp3) is 0.357. The van der Waals surface area contributed by atoms with E-state index in [2.05, 4.69) is 5.32 Å². The van der Waals surface area contributed by atoms with E-state index in [1.165, 1.54) is 24.7 Å². The quantitative estimate of drug-likeness (QED) is 0.620. The Morgan fingerprint density at radius 3 is 2.81 bits per heavy atom. The summed E-state index contributed by atoms with van der Waals surface area (Å²) in [6.45, 7) is 2.05. The molecule has 0 atom stereocenters. The number of carbonyl (C=O) groups is 2. The van der Waals surface area contributed by atoms with Crippen LogP contribution in [0.4, 0.5) is 0 Å². The Morgan fingerprint density at radius 2 is 2.14 bits per heavy atom. The molecule has 0 unspecified atom stereocenters. The number of rotatable bonds is 6. The van der Waals surface area contributed by atoms with E-state index < -0.39 is 5.76 Å². The van der Waals surface area contributed by atoms with Crippen molar-refractivity contribution >= 4 is 22.8 Å². The lowest BCUT2D eigenvalue weighted by molar-refractivity contribution is -0.121. The molecular weight excluding hydrogens is 276 g/mol. The number of hydrogen-bond acceptors (Lipinski definition) is 5. The van der Waals surface area contributed by atoms with Gasteiger partial charge in [0.2, 0.25) is 5.91 Å². The maximum Gasteiger partial charge on any atom is 0.420 e. The number of Topliss-reactive ketones (excluding diaryl/α,β-unsaturated/α-hetero) is 1. The lowest BCUT2D eigenvalue weighted by Gasteiger charge is -2.05. The number of hydrogen-bond donors (Lipinski definition) is 1. The first-order valence-corrected chi connectivity index (χ1v) is 6.43. The number of nitrogens with one attached hydrogen (secondary N) is 1. The summed E-state index contributed by atoms with van der Waals surface area (Å²) in [5.74, 6) is -1.07. The molecule has 0 bridgehead atoms. The van der Waals surface area contributed by atoms with Gasteiger partial charge in [-0.25, -0.2) is 4.79 Å². The molecule has 0 aliphatic carbocycles. The fourth-order valence-electron chi connectivity index (χ4n) is 1.93. The van der Waals surface area contributed by atoms with Gasteiger partial charge in [-0.2, -0.15) is 0 Å². The van der Waals surface area contributed by atoms with Crippen LogP contribution in [0.15, 0.2) is 27.4 Å². The van der Waals surface area contributed by atoms with E-state index in [1.807, 2.05) is 0 Å². The zero-order chi connectivity index (χ0) is 15.4. The predicted octanol–water partition coefficient (Wildman–Crippen LogP) is 0.560. The molecule has 0 radical (unpaired) electrons. The number of aromatic nitrogens is 1. The molecule has 0 fully saturated rings. The van der Waals surface area contributed by atoms with Crippen molar-refractivity contribution in [3.8, 4) is 0 Å². The van der Waals surface area contributed by atoms with E-state index in [0.717, 1.165) is 0 Å². The van der Waals surface area contributed by atoms with Crippen molar-refractivity contribution in [3.05, 3.63) is 34.3 Å². The van der Waals surface area contributed by atoms with Crippen molar-refractivity contribution in [1.29, 1.82) is 0 Å². The van der Waals surface area contributed by atoms with Crippen molar-refractivity contribution in [3.63, 3.8) is 0 Å². The van der Waals surface area contributed by atoms with Crippen LogP contribution in [0.25, 0.3) is 11.1 Å². The van der Waals surface area contributed by atoms with Crippen LogP contribution in [-0.4, -0.2) is 36.5 Å². The monoisotopic (exact) mass is 292 g/mol. The molecule has 7 nitrogen and oxygen atoms in total. The number of ether oxygens (including phenoxy) is 1. The predicted molar refractivity (Wildman–Crippen MR) is 75.4 cm³/mol. The molecule has 0 aliphatic heterocycles. The maximum absolute atomic E-state index is 11.8. The van der Waals surface area contributed by atoms with Gasteiger partial charge in [-0.1, -0.05) is 0 Å². The van der Waals surface area contributed by atoms with Crippen LogP contribution < -0.4 is 11.1 Å². The Balaban J connectivity index is 2.24. The first-order valence-electron chi connectivity index (χ1n) is 6.43. The molecule has 0 saturated carbocycles. The van der Waals surface area contributed by atoms with Gasteiger partial charge in [-0.05, 0) is 25.1 Å². The Morgan fingerprint density at radius 1 is 1.38 bits per heavy atom. The van der Waals surface area contributed by atoms with Crippen LogP contribution in [0.3, 0.4) is 0 Å². The van der Waals surface area contributed by atoms with Crippen LogP contribution in [0.5, 0.6) is 0 Å². The summed E-state index contributed by atoms with van der Waals surface area (Å²) in [5.41, 5.74) is 1.22. The van der Waals surface area contributed by atoms with Crippen molar-refractivity contribution in [2.75, 3.05) is 20.3 Å². The standard InChI is InChI=1S/C14H16N2O5/c1-9(17)10-3-4-11-12(7-10)21-14(19)16(11)8-13(18)15-5-6-20-2/h3-4,7H,5-6,8H2,1-2H3,(H,15,18). The molecular formula is C14H16N2O5. The molecule has 1 N–H and O–H groups in total. The molecule has 1 aromatic carbocycles. The minimum absolute atomic E-state index is 0.121. The van der Waals surface area contributed by atoms with Crippen LogP contribution in [0.2, 0.25) is 0 Å². The number of methoxy groups -OCH3 is 1. The highest BCUT2D eigenvalue weighted by Crippen LogP contribution is 2.15. The lowest BCUT2D eigenvalue weighted by Crippen LogP contribution is -2.32. The second-order valence-corrected chi connectivity index (χ2v) is 4.54. The van der Waals surface area contributed by atoms with Crippen LogP contribution in [0, 0.1) is 0 Å². The van der Waals surface area contributed by atoms with Gasteiger partial charge in [-0.15, -0.1) is 0 Å². The second-order valence-electron chi connectivity index (χ2n) is 4.54. The van der Waals surface area contributed by atoms with Gasteiger partial charge >= 0.3 is 5.76 Å². The van der Waals surface area contributed by atoms with Crippen LogP contribution >= 0.6 is 0 Å². The van der Waals surface area contributed by atoms with Crippen LogP contribution in [-0.2, 0) is 16.1 Å². The molecule has 0 aliphatic rings. The van der Waals surface area contributed by atoms with Gasteiger partial charge in [0, 0.05) is 19.2 Å². The average Bonchev–Trinajstić information content (AvgIpc) is 2.74. The summed E-state index contributed by atoms with van der Waals surface area (Å²) in [5, 5.41) is 2.62. The Hall–Kier alpha value is -2.41. The number of amides is 1. The molecule has 0 spiro atoms. The summed E-state index contributed by atoms with van der Waals surface area (Å²) in [6.07, 6.45) is 0. The molecule has 7 heteroatoms. The average molecular weight is 292 g/mol. The topological polar surface area (TPSA) is 90.5 Å². The van der Waals surface area contributed by atoms with Crippen molar-refractivity contribution in [2.45, 2.75) is 13.5 Å². The summed E-state index contributed by atoms with van der Waals surface area (Å²) in [6, 6.07) is 4.69. The highest BCUT2D eigenvalue weighted by atomic mass is 16.5. The SMILES string of the molecule is COCCNC(=O)Cn1c(=O)oc2cc(C(C)=O)ccc21. The number of oxazole rings is 1. The van der Waals surface area contributed by atoms with Crippen LogP contribution in [0.1, 0.15) is 17.3 Å². The summed E-state index contributed by atoms with van der Waals surface area (Å²) in [4.78, 5) is 34.8. The van der Waals surface area contributed by atoms with E-state index in [-0.39, 0.29) is 23.8 Å². The molecule has 1 heterocycles. The zero-order valence-electron chi connectivity index (χ0n) is 11.8. The van der Waals surface area contributed by atoms with E-state index in [4.69, 9.17) is 9.15 Å². The van der Waals surface area contributed by atoms with Crippen molar-refractivity contribution < 1.29 is 18.7 Å². The van der Waals surface area contributed by atoms with Gasteiger partial charge < -0.3 is 14.5 Å². The van der Waals surface area contributed by atoms with Gasteiger partial charge in [0.1, 0.15) is 6.54 Å². The lowest BCUT2D eigenvalue weighted by atomic mass is 10.1. The minimum atomic E-state index is -0.632. The number of nitrogens with zero attached hydrogens (tertiary/aromatic N) is 1. The number of ketones is 1. The first kappa shape index (κ1) is 15.0. The minimum Gasteiger partial charge on any atom is -0.408 e. The summed E-state index contributed by atoms with van der Waals surface area (Å²) >= 11 is 0. The van der Waals surface area contributed by atoms with E-state index in [1.54, 1.807) is 12.1 Å². The number of fused-ring (bicyclic) bond motifs is 1. The number of carbonyl (C=O) groups excluding carboxylic acids is 2. The molecule has 0 saturated heterocycles. The van der Waals surface area contributed by atoms with Crippen molar-refractivity contribution in [1.82, 2.24) is 9.88 Å². The third-order valence-electron chi connectivity index (χ3n) is 3.00. The van der Waals surface area contributed by atoms with E-state index >= 15 is 0 Å². The van der Waals surface area contributed by atoms with E-state index in [0.29, 0.717) is 24.2 Å². The maximum atomic E-state index is 11.8. The summed E-state index contributed by atoms with van der Waals surface area (Å²) in [7, 11) is 1.53. The van der Waals surface area contributed by atoms with Crippen molar-refractivity contribution in [2.24, 2.45) is 0 Å². The van der Waals surface area contributed by atoms with Gasteiger partial charge in [0.15, 0.2) is 11.4 Å². The van der Waals surface area contributed by atoms with Gasteiger partial charge in [0.25, 0.3) is 0 Å². The molecule has 21 heavy (non-hydrogen) atoms. The zero-order valence-corrected chi connectivity index (χ0v) is 11.8. The third-order valence-corrected chi connectivity index (χ3v) is 3.00. The van der Waals surface area contributed by atoms with Gasteiger partial charge in [0.05, 0.1) is 12.1 Å². The Labute approximate surface area is 120 Å². The first-order chi connectivity index (χ1) is 10.0. The Kier molecular flexibility index (Phi) is 4.54. The molecule has 1 aromatic heterocycles. The second kappa shape index (κ2) is 6.36. The highest BCUT2D eigenvalue weighted by molar-refractivity contribution is 5.97.